The molecule has 0 aliphatic heterocycles. The monoisotopic (exact) mass is 502 g/mol. The number of furan rings is 1. The summed E-state index contributed by atoms with van der Waals surface area (Å²) in [6.45, 7) is 6.85. The Labute approximate surface area is 215 Å². The van der Waals surface area contributed by atoms with Gasteiger partial charge in [0.2, 0.25) is 0 Å². The van der Waals surface area contributed by atoms with Crippen molar-refractivity contribution in [1.29, 1.82) is 0 Å². The number of hydrogen-bond donors (Lipinski definition) is 4. The van der Waals surface area contributed by atoms with Crippen molar-refractivity contribution in [3.8, 4) is 0 Å². The molecule has 0 spiro atoms. The maximum absolute atomic E-state index is 12.4. The molecule has 5 rings (SSSR count). The molecule has 0 amide bonds. The summed E-state index contributed by atoms with van der Waals surface area (Å²) in [4.78, 5) is 0. The van der Waals surface area contributed by atoms with Crippen molar-refractivity contribution in [2.75, 3.05) is 26.3 Å². The zero-order valence-corrected chi connectivity index (χ0v) is 22.1. The zero-order valence-electron chi connectivity index (χ0n) is 22.1. The molecule has 6 N–H and O–H groups in total. The van der Waals surface area contributed by atoms with Crippen LogP contribution in [0, 0.1) is 22.7 Å². The van der Waals surface area contributed by atoms with E-state index in [2.05, 4.69) is 19.9 Å². The minimum Gasteiger partial charge on any atom is -0.472 e. The van der Waals surface area contributed by atoms with Gasteiger partial charge in [-0.05, 0) is 100 Å². The molecule has 0 bridgehead atoms. The summed E-state index contributed by atoms with van der Waals surface area (Å²) in [7, 11) is 0. The topological polar surface area (TPSA) is 124 Å². The summed E-state index contributed by atoms with van der Waals surface area (Å²) in [5.74, 6) is -0.183. The smallest absolute Gasteiger partial charge is 0.188 e. The van der Waals surface area contributed by atoms with Crippen LogP contribution < -0.4 is 11.5 Å². The van der Waals surface area contributed by atoms with E-state index in [1.54, 1.807) is 12.5 Å². The molecule has 3 fully saturated rings. The van der Waals surface area contributed by atoms with Crippen LogP contribution in [0.2, 0.25) is 0 Å². The molecule has 0 unspecified atom stereocenters. The molecule has 0 saturated heterocycles. The van der Waals surface area contributed by atoms with Gasteiger partial charge in [0.05, 0.1) is 31.3 Å². The Bertz CT molecular complexity index is 939. The summed E-state index contributed by atoms with van der Waals surface area (Å²) in [6, 6.07) is 1.86. The number of ether oxygens (including phenoxy) is 2. The molecule has 4 aliphatic rings. The van der Waals surface area contributed by atoms with Gasteiger partial charge < -0.3 is 35.6 Å². The molecule has 202 valence electrons. The lowest BCUT2D eigenvalue weighted by Crippen LogP contribution is -2.63. The maximum atomic E-state index is 12.4. The number of hydrogen-bond acceptors (Lipinski definition) is 7. The van der Waals surface area contributed by atoms with Crippen LogP contribution in [0.4, 0.5) is 0 Å². The van der Waals surface area contributed by atoms with Gasteiger partial charge in [-0.1, -0.05) is 19.4 Å². The summed E-state index contributed by atoms with van der Waals surface area (Å²) in [5.41, 5.74) is 11.1. The molecule has 1 aromatic heterocycles. The van der Waals surface area contributed by atoms with E-state index in [-0.39, 0.29) is 11.3 Å². The minimum absolute atomic E-state index is 0.00568. The zero-order chi connectivity index (χ0) is 25.7. The van der Waals surface area contributed by atoms with Crippen molar-refractivity contribution in [3.63, 3.8) is 0 Å². The van der Waals surface area contributed by atoms with Crippen LogP contribution in [-0.2, 0) is 15.1 Å². The third-order valence-electron chi connectivity index (χ3n) is 10.8. The van der Waals surface area contributed by atoms with Gasteiger partial charge in [-0.2, -0.15) is 0 Å². The van der Waals surface area contributed by atoms with Gasteiger partial charge in [-0.25, -0.2) is 0 Å². The Morgan fingerprint density at radius 1 is 0.944 bits per heavy atom. The fraction of sp³-hybridized carbons (Fsp3) is 0.793. The number of allylic oxidation sites excluding steroid dienone is 1. The van der Waals surface area contributed by atoms with Crippen LogP contribution >= 0.6 is 0 Å². The first-order valence-corrected chi connectivity index (χ1v) is 14.1. The van der Waals surface area contributed by atoms with Crippen molar-refractivity contribution < 1.29 is 24.1 Å². The lowest BCUT2D eigenvalue weighted by molar-refractivity contribution is -0.236. The highest BCUT2D eigenvalue weighted by atomic mass is 16.7. The molecule has 6 atom stereocenters. The standard InChI is InChI=1S/C29H46N2O5/c1-25-10-11-27(35-16-3-14-30,36-17-4-15-31)19-21(25)5-6-24-23(25)7-9-26(2)28(32,12-13-29(24,26)33)22-8-18-34-20-22/h8,18-20,23-24,32-33H,3-7,9-17,30-31H2,1-2H3/t23-,24+,25-,26+,28-,29-/m0/s1. The normalized spacial score (nSPS) is 41.3. The second kappa shape index (κ2) is 9.51. The largest absolute Gasteiger partial charge is 0.472 e. The Balaban J connectivity index is 1.43. The summed E-state index contributed by atoms with van der Waals surface area (Å²) in [5, 5.41) is 24.4. The summed E-state index contributed by atoms with van der Waals surface area (Å²) >= 11 is 0. The Morgan fingerprint density at radius 3 is 2.31 bits per heavy atom. The SMILES string of the molecule is C[C@]12CC[C@H]3[C@@H](CCC4=CC(OCCCN)(OCCCN)CC[C@@]43C)[C@@]1(O)CC[C@]2(O)c1ccoc1. The van der Waals surface area contributed by atoms with Crippen molar-refractivity contribution in [3.05, 3.63) is 35.8 Å². The molecule has 1 aromatic rings. The van der Waals surface area contributed by atoms with E-state index in [9.17, 15) is 10.2 Å². The number of nitrogens with two attached hydrogens (primary N) is 2. The molecule has 0 radical (unpaired) electrons. The number of aliphatic hydroxyl groups is 2. The van der Waals surface area contributed by atoms with E-state index in [0.29, 0.717) is 45.1 Å². The minimum atomic E-state index is -1.06. The molecule has 0 aromatic carbocycles. The predicted octanol–water partition coefficient (Wildman–Crippen LogP) is 3.97. The van der Waals surface area contributed by atoms with E-state index in [0.717, 1.165) is 56.9 Å². The van der Waals surface area contributed by atoms with Crippen LogP contribution in [-0.4, -0.2) is 47.9 Å². The highest BCUT2D eigenvalue weighted by molar-refractivity contribution is 5.33. The third-order valence-corrected chi connectivity index (χ3v) is 10.8. The van der Waals surface area contributed by atoms with E-state index in [4.69, 9.17) is 25.4 Å². The fourth-order valence-electron chi connectivity index (χ4n) is 8.56. The molecule has 7 nitrogen and oxygen atoms in total. The van der Waals surface area contributed by atoms with Crippen LogP contribution in [0.5, 0.6) is 0 Å². The van der Waals surface area contributed by atoms with Crippen LogP contribution in [0.1, 0.15) is 83.6 Å². The van der Waals surface area contributed by atoms with Gasteiger partial charge in [0, 0.05) is 17.4 Å². The molecule has 4 aliphatic carbocycles. The first-order valence-electron chi connectivity index (χ1n) is 14.1. The summed E-state index contributed by atoms with van der Waals surface area (Å²) in [6.07, 6.45) is 13.7. The van der Waals surface area contributed by atoms with E-state index in [1.807, 2.05) is 6.07 Å². The lowest BCUT2D eigenvalue weighted by atomic mass is 9.44. The third kappa shape index (κ3) is 3.76. The van der Waals surface area contributed by atoms with E-state index < -0.39 is 22.4 Å². The number of fused-ring (bicyclic) bond motifs is 5. The van der Waals surface area contributed by atoms with Crippen molar-refractivity contribution in [2.45, 2.75) is 95.0 Å². The maximum Gasteiger partial charge on any atom is 0.188 e. The van der Waals surface area contributed by atoms with Crippen molar-refractivity contribution in [1.82, 2.24) is 0 Å². The van der Waals surface area contributed by atoms with Crippen molar-refractivity contribution >= 4 is 0 Å². The van der Waals surface area contributed by atoms with Crippen LogP contribution in [0.3, 0.4) is 0 Å². The molecule has 1 heterocycles. The Kier molecular flexibility index (Phi) is 6.97. The molecule has 3 saturated carbocycles. The lowest BCUT2D eigenvalue weighted by Gasteiger charge is -2.63. The first-order chi connectivity index (χ1) is 17.2. The molecule has 7 heteroatoms. The molecular formula is C29H46N2O5. The van der Waals surface area contributed by atoms with Gasteiger partial charge in [0.1, 0.15) is 5.60 Å². The quantitative estimate of drug-likeness (QED) is 0.229. The van der Waals surface area contributed by atoms with E-state index >= 15 is 0 Å². The van der Waals surface area contributed by atoms with Gasteiger partial charge in [0.25, 0.3) is 0 Å². The average molecular weight is 503 g/mol. The summed E-state index contributed by atoms with van der Waals surface area (Å²) < 4.78 is 18.0. The fourth-order valence-corrected chi connectivity index (χ4v) is 8.56. The first kappa shape index (κ1) is 26.4. The number of rotatable bonds is 9. The molecule has 36 heavy (non-hydrogen) atoms. The highest BCUT2D eigenvalue weighted by Crippen LogP contribution is 2.71. The van der Waals surface area contributed by atoms with Crippen LogP contribution in [0.15, 0.2) is 34.7 Å². The van der Waals surface area contributed by atoms with Gasteiger partial charge in [-0.3, -0.25) is 0 Å². The van der Waals surface area contributed by atoms with Gasteiger partial charge in [-0.15, -0.1) is 0 Å². The Hall–Kier alpha value is -1.22. The van der Waals surface area contributed by atoms with Crippen LogP contribution in [0.25, 0.3) is 0 Å². The highest BCUT2D eigenvalue weighted by Gasteiger charge is 2.72. The van der Waals surface area contributed by atoms with Gasteiger partial charge >= 0.3 is 0 Å². The van der Waals surface area contributed by atoms with Crippen molar-refractivity contribution in [2.24, 2.45) is 34.1 Å². The predicted molar refractivity (Wildman–Crippen MR) is 138 cm³/mol. The van der Waals surface area contributed by atoms with E-state index in [1.165, 1.54) is 5.57 Å². The average Bonchev–Trinajstić information content (AvgIpc) is 3.48. The Morgan fingerprint density at radius 2 is 1.67 bits per heavy atom. The molecular weight excluding hydrogens is 456 g/mol. The second-order valence-corrected chi connectivity index (χ2v) is 12.3. The van der Waals surface area contributed by atoms with Gasteiger partial charge in [0.15, 0.2) is 5.79 Å². The second-order valence-electron chi connectivity index (χ2n) is 12.3.